The second-order valence-corrected chi connectivity index (χ2v) is 5.47. The number of aliphatic carboxylic acids is 1. The number of carboxylic acids is 1. The molecule has 5 heteroatoms. The van der Waals surface area contributed by atoms with Crippen molar-refractivity contribution in [1.82, 2.24) is 10.2 Å². The van der Waals surface area contributed by atoms with Gasteiger partial charge in [0.2, 0.25) is 0 Å². The van der Waals surface area contributed by atoms with E-state index in [1.54, 1.807) is 4.90 Å². The van der Waals surface area contributed by atoms with E-state index in [4.69, 9.17) is 5.11 Å². The first-order valence-electron chi connectivity index (χ1n) is 6.78. The Morgan fingerprint density at radius 1 is 1.30 bits per heavy atom. The van der Waals surface area contributed by atoms with Gasteiger partial charge in [-0.2, -0.15) is 0 Å². The number of amides is 2. The Bertz CT molecular complexity index is 498. The molecule has 0 radical (unpaired) electrons. The number of aryl methyl sites for hydroxylation is 1. The molecule has 2 amide bonds. The largest absolute Gasteiger partial charge is 0.481 e. The molecule has 2 unspecified atom stereocenters. The molecule has 2 atom stereocenters. The molecular formula is C15H20N2O3. The molecule has 1 heterocycles. The maximum Gasteiger partial charge on any atom is 0.317 e. The fourth-order valence-corrected chi connectivity index (χ4v) is 2.45. The van der Waals surface area contributed by atoms with Crippen molar-refractivity contribution in [1.29, 1.82) is 0 Å². The Morgan fingerprint density at radius 3 is 2.50 bits per heavy atom. The lowest BCUT2D eigenvalue weighted by Gasteiger charge is -2.17. The molecule has 2 N–H and O–H groups in total. The number of nitrogens with one attached hydrogen (secondary N) is 1. The van der Waals surface area contributed by atoms with Crippen molar-refractivity contribution in [3.05, 3.63) is 35.4 Å². The Kier molecular flexibility index (Phi) is 4.27. The molecule has 1 aromatic rings. The highest BCUT2D eigenvalue weighted by molar-refractivity contribution is 5.77. The van der Waals surface area contributed by atoms with Gasteiger partial charge in [-0.25, -0.2) is 4.79 Å². The number of likely N-dealkylation sites (tertiary alicyclic amines) is 1. The van der Waals surface area contributed by atoms with Crippen molar-refractivity contribution >= 4 is 12.0 Å². The fourth-order valence-electron chi connectivity index (χ4n) is 2.45. The second kappa shape index (κ2) is 5.94. The Hall–Kier alpha value is -2.04. The van der Waals surface area contributed by atoms with Crippen LogP contribution in [0, 0.1) is 18.8 Å². The zero-order valence-electron chi connectivity index (χ0n) is 11.8. The third-order valence-electron chi connectivity index (χ3n) is 3.78. The van der Waals surface area contributed by atoms with Crippen LogP contribution in [0.5, 0.6) is 0 Å². The molecule has 0 aliphatic carbocycles. The van der Waals surface area contributed by atoms with Crippen LogP contribution < -0.4 is 5.32 Å². The Balaban J connectivity index is 1.87. The van der Waals surface area contributed by atoms with Crippen molar-refractivity contribution in [2.24, 2.45) is 11.8 Å². The maximum absolute atomic E-state index is 12.0. The van der Waals surface area contributed by atoms with Gasteiger partial charge in [0.05, 0.1) is 5.92 Å². The van der Waals surface area contributed by atoms with Crippen LogP contribution in [0.25, 0.3) is 0 Å². The molecule has 1 aliphatic rings. The highest BCUT2D eigenvalue weighted by Crippen LogP contribution is 2.23. The Morgan fingerprint density at radius 2 is 1.95 bits per heavy atom. The first-order chi connectivity index (χ1) is 9.47. The van der Waals surface area contributed by atoms with E-state index in [1.807, 2.05) is 38.1 Å². The molecule has 0 saturated carbocycles. The van der Waals surface area contributed by atoms with Crippen molar-refractivity contribution < 1.29 is 14.7 Å². The topological polar surface area (TPSA) is 69.6 Å². The van der Waals surface area contributed by atoms with Crippen LogP contribution in [0.4, 0.5) is 4.79 Å². The molecule has 2 rings (SSSR count). The van der Waals surface area contributed by atoms with Crippen LogP contribution >= 0.6 is 0 Å². The zero-order valence-corrected chi connectivity index (χ0v) is 11.8. The number of carbonyl (C=O) groups excluding carboxylic acids is 1. The number of carboxylic acid groups (broad SMARTS) is 1. The van der Waals surface area contributed by atoms with Crippen molar-refractivity contribution in [2.75, 3.05) is 13.1 Å². The van der Waals surface area contributed by atoms with Crippen LogP contribution in [-0.4, -0.2) is 35.1 Å². The van der Waals surface area contributed by atoms with Gasteiger partial charge in [-0.3, -0.25) is 4.79 Å². The number of carbonyl (C=O) groups is 2. The zero-order chi connectivity index (χ0) is 14.7. The quantitative estimate of drug-likeness (QED) is 0.885. The molecule has 0 aromatic heterocycles. The van der Waals surface area contributed by atoms with E-state index < -0.39 is 11.9 Å². The summed E-state index contributed by atoms with van der Waals surface area (Å²) in [6, 6.07) is 7.76. The predicted molar refractivity (Wildman–Crippen MR) is 75.3 cm³/mol. The molecule has 1 fully saturated rings. The lowest BCUT2D eigenvalue weighted by atomic mass is 9.99. The minimum absolute atomic E-state index is 0.00220. The first-order valence-corrected chi connectivity index (χ1v) is 6.78. The summed E-state index contributed by atoms with van der Waals surface area (Å²) in [6.07, 6.45) is 0. The summed E-state index contributed by atoms with van der Waals surface area (Å²) < 4.78 is 0. The van der Waals surface area contributed by atoms with Gasteiger partial charge in [0.1, 0.15) is 0 Å². The van der Waals surface area contributed by atoms with Gasteiger partial charge >= 0.3 is 12.0 Å². The van der Waals surface area contributed by atoms with E-state index in [0.717, 1.165) is 5.56 Å². The SMILES string of the molecule is Cc1ccc(CNC(=O)N2CC(C)C(C(=O)O)C2)cc1. The fraction of sp³-hybridized carbons (Fsp3) is 0.467. The van der Waals surface area contributed by atoms with Gasteiger partial charge in [0, 0.05) is 19.6 Å². The molecule has 0 bridgehead atoms. The van der Waals surface area contributed by atoms with Gasteiger partial charge in [-0.1, -0.05) is 36.8 Å². The summed E-state index contributed by atoms with van der Waals surface area (Å²) in [5.74, 6) is -1.29. The van der Waals surface area contributed by atoms with E-state index in [2.05, 4.69) is 5.32 Å². The standard InChI is InChI=1S/C15H20N2O3/c1-10-3-5-12(6-4-10)7-16-15(20)17-8-11(2)13(9-17)14(18)19/h3-6,11,13H,7-9H2,1-2H3,(H,16,20)(H,18,19). The molecule has 20 heavy (non-hydrogen) atoms. The number of nitrogens with zero attached hydrogens (tertiary/aromatic N) is 1. The number of hydrogen-bond donors (Lipinski definition) is 2. The highest BCUT2D eigenvalue weighted by atomic mass is 16.4. The van der Waals surface area contributed by atoms with Crippen LogP contribution in [-0.2, 0) is 11.3 Å². The van der Waals surface area contributed by atoms with Gasteiger partial charge in [-0.15, -0.1) is 0 Å². The van der Waals surface area contributed by atoms with E-state index in [9.17, 15) is 9.59 Å². The van der Waals surface area contributed by atoms with Crippen LogP contribution in [0.1, 0.15) is 18.1 Å². The van der Waals surface area contributed by atoms with E-state index >= 15 is 0 Å². The molecule has 1 aliphatic heterocycles. The van der Waals surface area contributed by atoms with Crippen LogP contribution in [0.2, 0.25) is 0 Å². The third kappa shape index (κ3) is 3.29. The van der Waals surface area contributed by atoms with Gasteiger partial charge in [0.25, 0.3) is 0 Å². The minimum Gasteiger partial charge on any atom is -0.481 e. The van der Waals surface area contributed by atoms with E-state index in [0.29, 0.717) is 13.1 Å². The monoisotopic (exact) mass is 276 g/mol. The molecule has 5 nitrogen and oxygen atoms in total. The molecule has 1 aromatic carbocycles. The van der Waals surface area contributed by atoms with Gasteiger partial charge in [-0.05, 0) is 18.4 Å². The summed E-state index contributed by atoms with van der Waals surface area (Å²) >= 11 is 0. The summed E-state index contributed by atoms with van der Waals surface area (Å²) in [4.78, 5) is 24.6. The van der Waals surface area contributed by atoms with E-state index in [-0.39, 0.29) is 18.5 Å². The lowest BCUT2D eigenvalue weighted by molar-refractivity contribution is -0.142. The third-order valence-corrected chi connectivity index (χ3v) is 3.78. The molecular weight excluding hydrogens is 256 g/mol. The molecule has 1 saturated heterocycles. The lowest BCUT2D eigenvalue weighted by Crippen LogP contribution is -2.38. The summed E-state index contributed by atoms with van der Waals surface area (Å²) in [6.45, 7) is 5.13. The highest BCUT2D eigenvalue weighted by Gasteiger charge is 2.36. The van der Waals surface area contributed by atoms with E-state index in [1.165, 1.54) is 5.56 Å². The van der Waals surface area contributed by atoms with Crippen molar-refractivity contribution in [3.63, 3.8) is 0 Å². The average Bonchev–Trinajstić information content (AvgIpc) is 2.80. The normalized spacial score (nSPS) is 21.8. The predicted octanol–water partition coefficient (Wildman–Crippen LogP) is 1.86. The van der Waals surface area contributed by atoms with Crippen molar-refractivity contribution in [2.45, 2.75) is 20.4 Å². The molecule has 108 valence electrons. The molecule has 0 spiro atoms. The number of hydrogen-bond acceptors (Lipinski definition) is 2. The smallest absolute Gasteiger partial charge is 0.317 e. The summed E-state index contributed by atoms with van der Waals surface area (Å²) in [5.41, 5.74) is 2.21. The Labute approximate surface area is 118 Å². The van der Waals surface area contributed by atoms with Crippen LogP contribution in [0.3, 0.4) is 0 Å². The summed E-state index contributed by atoms with van der Waals surface area (Å²) in [5, 5.41) is 11.9. The minimum atomic E-state index is -0.827. The maximum atomic E-state index is 12.0. The van der Waals surface area contributed by atoms with Gasteiger partial charge < -0.3 is 15.3 Å². The second-order valence-electron chi connectivity index (χ2n) is 5.47. The first kappa shape index (κ1) is 14.4. The van der Waals surface area contributed by atoms with Crippen LogP contribution in [0.15, 0.2) is 24.3 Å². The number of urea groups is 1. The summed E-state index contributed by atoms with van der Waals surface area (Å²) in [7, 11) is 0. The average molecular weight is 276 g/mol. The van der Waals surface area contributed by atoms with Crippen molar-refractivity contribution in [3.8, 4) is 0 Å². The number of rotatable bonds is 3. The number of benzene rings is 1. The van der Waals surface area contributed by atoms with Gasteiger partial charge in [0.15, 0.2) is 0 Å².